The van der Waals surface area contributed by atoms with E-state index in [1.54, 1.807) is 0 Å². The third kappa shape index (κ3) is 5.28. The van der Waals surface area contributed by atoms with E-state index in [0.717, 1.165) is 57.3 Å². The van der Waals surface area contributed by atoms with Crippen molar-refractivity contribution < 1.29 is 0 Å². The van der Waals surface area contributed by atoms with Gasteiger partial charge in [-0.2, -0.15) is 0 Å². The number of likely N-dealkylation sites (N-methyl/N-ethyl adjacent to an activating group) is 1. The topological polar surface area (TPSA) is 9.72 Å². The normalized spacial score (nSPS) is 21.1. The number of piperazine rings is 1. The Hall–Kier alpha value is -2.04. The van der Waals surface area contributed by atoms with Gasteiger partial charge in [0.2, 0.25) is 0 Å². The highest BCUT2D eigenvalue weighted by molar-refractivity contribution is 6.30. The van der Waals surface area contributed by atoms with Gasteiger partial charge >= 0.3 is 0 Å². The van der Waals surface area contributed by atoms with Crippen molar-refractivity contribution in [1.82, 2.24) is 9.80 Å². The highest BCUT2D eigenvalue weighted by Gasteiger charge is 2.39. The van der Waals surface area contributed by atoms with E-state index in [1.165, 1.54) is 28.8 Å². The number of halogens is 2. The predicted octanol–water partition coefficient (Wildman–Crippen LogP) is 6.10. The number of anilines is 1. The fourth-order valence-corrected chi connectivity index (χ4v) is 5.99. The molecule has 2 heterocycles. The number of benzene rings is 3. The van der Waals surface area contributed by atoms with Crippen LogP contribution in [-0.2, 0) is 12.0 Å². The fourth-order valence-electron chi connectivity index (χ4n) is 5.86. The largest absolute Gasteiger partial charge is 0.369 e. The highest BCUT2D eigenvalue weighted by Crippen LogP contribution is 2.43. The molecule has 1 atom stereocenters. The zero-order valence-electron chi connectivity index (χ0n) is 20.0. The minimum atomic E-state index is 0. The molecule has 0 bridgehead atoms. The predicted molar refractivity (Wildman–Crippen MR) is 147 cm³/mol. The second kappa shape index (κ2) is 11.1. The summed E-state index contributed by atoms with van der Waals surface area (Å²) in [6, 6.07) is 28.5. The first-order chi connectivity index (χ1) is 16.1. The van der Waals surface area contributed by atoms with Gasteiger partial charge in [-0.3, -0.25) is 4.90 Å². The van der Waals surface area contributed by atoms with Crippen molar-refractivity contribution >= 4 is 29.7 Å². The van der Waals surface area contributed by atoms with Gasteiger partial charge in [0, 0.05) is 55.4 Å². The molecular formula is C29H35Cl2N3. The first kappa shape index (κ1) is 25.1. The van der Waals surface area contributed by atoms with Crippen molar-refractivity contribution in [2.24, 2.45) is 0 Å². The first-order valence-corrected chi connectivity index (χ1v) is 12.6. The maximum Gasteiger partial charge on any atom is 0.0406 e. The summed E-state index contributed by atoms with van der Waals surface area (Å²) in [5.74, 6) is 0. The molecule has 0 aromatic heterocycles. The molecule has 2 aliphatic rings. The summed E-state index contributed by atoms with van der Waals surface area (Å²) < 4.78 is 0. The van der Waals surface area contributed by atoms with E-state index in [-0.39, 0.29) is 17.8 Å². The molecule has 2 aliphatic heterocycles. The first-order valence-electron chi connectivity index (χ1n) is 12.2. The van der Waals surface area contributed by atoms with Gasteiger partial charge in [-0.25, -0.2) is 0 Å². The van der Waals surface area contributed by atoms with Crippen molar-refractivity contribution in [2.45, 2.75) is 24.8 Å². The second-order valence-electron chi connectivity index (χ2n) is 9.69. The molecule has 1 saturated heterocycles. The lowest BCUT2D eigenvalue weighted by Gasteiger charge is -2.44. The SMILES string of the molecule is CN1Cc2ccccc2C(CCCN2CCN(c3ccccc3)CC2)(c2ccc(Cl)cc2)C1.Cl. The van der Waals surface area contributed by atoms with Crippen LogP contribution in [0.25, 0.3) is 0 Å². The molecule has 180 valence electrons. The zero-order valence-corrected chi connectivity index (χ0v) is 21.6. The second-order valence-corrected chi connectivity index (χ2v) is 10.1. The maximum absolute atomic E-state index is 6.27. The Morgan fingerprint density at radius 3 is 2.24 bits per heavy atom. The lowest BCUT2D eigenvalue weighted by atomic mass is 9.67. The molecule has 3 nitrogen and oxygen atoms in total. The van der Waals surface area contributed by atoms with Crippen LogP contribution in [0.4, 0.5) is 5.69 Å². The monoisotopic (exact) mass is 495 g/mol. The molecular weight excluding hydrogens is 461 g/mol. The van der Waals surface area contributed by atoms with Crippen LogP contribution < -0.4 is 4.90 Å². The summed E-state index contributed by atoms with van der Waals surface area (Å²) in [7, 11) is 2.25. The molecule has 34 heavy (non-hydrogen) atoms. The van der Waals surface area contributed by atoms with Crippen molar-refractivity contribution in [3.05, 3.63) is 101 Å². The summed E-state index contributed by atoms with van der Waals surface area (Å²) in [4.78, 5) is 7.64. The zero-order chi connectivity index (χ0) is 22.7. The lowest BCUT2D eigenvalue weighted by Crippen LogP contribution is -2.48. The van der Waals surface area contributed by atoms with E-state index in [0.29, 0.717) is 0 Å². The Morgan fingerprint density at radius 1 is 0.824 bits per heavy atom. The van der Waals surface area contributed by atoms with E-state index in [1.807, 2.05) is 0 Å². The molecule has 0 saturated carbocycles. The summed E-state index contributed by atoms with van der Waals surface area (Å²) >= 11 is 6.27. The van der Waals surface area contributed by atoms with Crippen LogP contribution >= 0.6 is 24.0 Å². The van der Waals surface area contributed by atoms with E-state index >= 15 is 0 Å². The van der Waals surface area contributed by atoms with Crippen molar-refractivity contribution in [3.8, 4) is 0 Å². The number of fused-ring (bicyclic) bond motifs is 1. The number of hydrogen-bond donors (Lipinski definition) is 0. The van der Waals surface area contributed by atoms with Crippen LogP contribution in [0.5, 0.6) is 0 Å². The van der Waals surface area contributed by atoms with Gasteiger partial charge in [0.05, 0.1) is 0 Å². The van der Waals surface area contributed by atoms with Gasteiger partial charge in [-0.05, 0) is 67.4 Å². The van der Waals surface area contributed by atoms with Gasteiger partial charge in [0.1, 0.15) is 0 Å². The third-order valence-electron chi connectivity index (χ3n) is 7.48. The Balaban J connectivity index is 0.00000274. The highest BCUT2D eigenvalue weighted by atomic mass is 35.5. The number of hydrogen-bond acceptors (Lipinski definition) is 3. The Bertz CT molecular complexity index is 1050. The molecule has 0 N–H and O–H groups in total. The Morgan fingerprint density at radius 2 is 1.50 bits per heavy atom. The number of para-hydroxylation sites is 1. The van der Waals surface area contributed by atoms with Crippen LogP contribution in [0, 0.1) is 0 Å². The lowest BCUT2D eigenvalue weighted by molar-refractivity contribution is 0.207. The standard InChI is InChI=1S/C29H34ClN3.ClH/c1-31-22-24-8-5-6-11-28(24)29(23-31,25-12-14-26(30)15-13-25)16-7-17-32-18-20-33(21-19-32)27-9-3-2-4-10-27;/h2-6,8-15H,7,16-23H2,1H3;1H. The minimum Gasteiger partial charge on any atom is -0.369 e. The quantitative estimate of drug-likeness (QED) is 0.409. The molecule has 1 unspecified atom stereocenters. The Labute approximate surface area is 215 Å². The molecule has 5 heteroatoms. The smallest absolute Gasteiger partial charge is 0.0406 e. The van der Waals surface area contributed by atoms with Gasteiger partial charge in [0.25, 0.3) is 0 Å². The van der Waals surface area contributed by atoms with Gasteiger partial charge in [-0.1, -0.05) is 66.2 Å². The average Bonchev–Trinajstić information content (AvgIpc) is 2.85. The van der Waals surface area contributed by atoms with Crippen molar-refractivity contribution in [2.75, 3.05) is 51.2 Å². The number of rotatable bonds is 6. The van der Waals surface area contributed by atoms with Crippen LogP contribution in [0.2, 0.25) is 5.02 Å². The van der Waals surface area contributed by atoms with E-state index in [4.69, 9.17) is 11.6 Å². The van der Waals surface area contributed by atoms with Crippen molar-refractivity contribution in [3.63, 3.8) is 0 Å². The summed E-state index contributed by atoms with van der Waals surface area (Å²) in [6.45, 7) is 7.72. The van der Waals surface area contributed by atoms with Crippen LogP contribution in [-0.4, -0.2) is 56.1 Å². The average molecular weight is 497 g/mol. The molecule has 5 rings (SSSR count). The van der Waals surface area contributed by atoms with E-state index < -0.39 is 0 Å². The molecule has 0 aliphatic carbocycles. The van der Waals surface area contributed by atoms with Crippen molar-refractivity contribution in [1.29, 1.82) is 0 Å². The van der Waals surface area contributed by atoms with E-state index in [9.17, 15) is 0 Å². The minimum absolute atomic E-state index is 0. The molecule has 0 amide bonds. The maximum atomic E-state index is 6.27. The summed E-state index contributed by atoms with van der Waals surface area (Å²) in [6.07, 6.45) is 2.34. The molecule has 3 aromatic rings. The number of nitrogens with zero attached hydrogens (tertiary/aromatic N) is 3. The molecule has 1 fully saturated rings. The molecule has 0 spiro atoms. The van der Waals surface area contributed by atoms with Gasteiger partial charge in [0.15, 0.2) is 0 Å². The van der Waals surface area contributed by atoms with Crippen LogP contribution in [0.3, 0.4) is 0 Å². The van der Waals surface area contributed by atoms with Gasteiger partial charge < -0.3 is 9.80 Å². The van der Waals surface area contributed by atoms with Gasteiger partial charge in [-0.15, -0.1) is 12.4 Å². The van der Waals surface area contributed by atoms with E-state index in [2.05, 4.69) is 101 Å². The molecule has 3 aromatic carbocycles. The van der Waals surface area contributed by atoms with Crippen LogP contribution in [0.1, 0.15) is 29.5 Å². The summed E-state index contributed by atoms with van der Waals surface area (Å²) in [5.41, 5.74) is 5.71. The third-order valence-corrected chi connectivity index (χ3v) is 7.73. The fraction of sp³-hybridized carbons (Fsp3) is 0.379. The molecule has 0 radical (unpaired) electrons. The Kier molecular flexibility index (Phi) is 8.21. The summed E-state index contributed by atoms with van der Waals surface area (Å²) in [5, 5.41) is 0.808. The van der Waals surface area contributed by atoms with Crippen LogP contribution in [0.15, 0.2) is 78.9 Å².